The fourth-order valence-electron chi connectivity index (χ4n) is 1.75. The van der Waals surface area contributed by atoms with Crippen LogP contribution in [-0.2, 0) is 6.54 Å². The maximum absolute atomic E-state index is 12.1. The standard InChI is InChI=1S/C13H10N2O2/c1-2-7-15-11(12(14)16)8-9-5-3-4-6-10(9)13(15)17/h1,3-6,8H,7H2,(H2,14,16). The molecule has 2 aromatic rings. The SMILES string of the molecule is C#CCn1c(C(N)=O)cc2ccccc2c1=O. The Balaban J connectivity index is 2.90. The minimum atomic E-state index is -0.664. The highest BCUT2D eigenvalue weighted by atomic mass is 16.2. The van der Waals surface area contributed by atoms with Gasteiger partial charge in [0, 0.05) is 5.39 Å². The number of benzene rings is 1. The third kappa shape index (κ3) is 1.79. The molecule has 2 N–H and O–H groups in total. The normalized spacial score (nSPS) is 10.1. The number of hydrogen-bond acceptors (Lipinski definition) is 2. The molecule has 17 heavy (non-hydrogen) atoms. The molecule has 0 unspecified atom stereocenters. The minimum Gasteiger partial charge on any atom is -0.364 e. The summed E-state index contributed by atoms with van der Waals surface area (Å²) in [5.74, 6) is 1.68. The van der Waals surface area contributed by atoms with Crippen molar-refractivity contribution < 1.29 is 4.79 Å². The molecule has 0 aliphatic rings. The minimum absolute atomic E-state index is 0.0297. The summed E-state index contributed by atoms with van der Waals surface area (Å²) in [6, 6.07) is 8.57. The first-order chi connectivity index (χ1) is 8.15. The number of nitrogens with zero attached hydrogens (tertiary/aromatic N) is 1. The molecule has 0 aliphatic carbocycles. The lowest BCUT2D eigenvalue weighted by molar-refractivity contribution is 0.0991. The van der Waals surface area contributed by atoms with Gasteiger partial charge in [0.2, 0.25) is 0 Å². The van der Waals surface area contributed by atoms with Crippen molar-refractivity contribution in [2.75, 3.05) is 0 Å². The van der Waals surface area contributed by atoms with Gasteiger partial charge in [-0.05, 0) is 17.5 Å². The average Bonchev–Trinajstić information content (AvgIpc) is 2.32. The van der Waals surface area contributed by atoms with Crippen LogP contribution in [0.3, 0.4) is 0 Å². The second kappa shape index (κ2) is 4.14. The van der Waals surface area contributed by atoms with Crippen molar-refractivity contribution in [3.63, 3.8) is 0 Å². The van der Waals surface area contributed by atoms with Crippen molar-refractivity contribution in [1.82, 2.24) is 4.57 Å². The molecule has 0 fully saturated rings. The number of rotatable bonds is 2. The summed E-state index contributed by atoms with van der Waals surface area (Å²) >= 11 is 0. The molecule has 0 aliphatic heterocycles. The molecule has 1 aromatic carbocycles. The lowest BCUT2D eigenvalue weighted by Crippen LogP contribution is -2.28. The summed E-state index contributed by atoms with van der Waals surface area (Å²) < 4.78 is 1.21. The lowest BCUT2D eigenvalue weighted by Gasteiger charge is -2.09. The molecule has 4 nitrogen and oxygen atoms in total. The zero-order chi connectivity index (χ0) is 12.4. The molecule has 2 rings (SSSR count). The van der Waals surface area contributed by atoms with E-state index in [0.717, 1.165) is 0 Å². The summed E-state index contributed by atoms with van der Waals surface area (Å²) in [4.78, 5) is 23.4. The number of amides is 1. The summed E-state index contributed by atoms with van der Waals surface area (Å²) in [5, 5.41) is 1.20. The Hall–Kier alpha value is -2.54. The fraction of sp³-hybridized carbons (Fsp3) is 0.0769. The van der Waals surface area contributed by atoms with Gasteiger partial charge in [-0.3, -0.25) is 14.2 Å². The Morgan fingerprint density at radius 3 is 2.76 bits per heavy atom. The Morgan fingerprint density at radius 1 is 1.41 bits per heavy atom. The van der Waals surface area contributed by atoms with Gasteiger partial charge < -0.3 is 5.73 Å². The third-order valence-corrected chi connectivity index (χ3v) is 2.52. The van der Waals surface area contributed by atoms with Gasteiger partial charge in [0.25, 0.3) is 11.5 Å². The Labute approximate surface area is 97.7 Å². The van der Waals surface area contributed by atoms with E-state index in [0.29, 0.717) is 10.8 Å². The van der Waals surface area contributed by atoms with Crippen LogP contribution in [0, 0.1) is 12.3 Å². The van der Waals surface area contributed by atoms with E-state index in [1.807, 2.05) is 0 Å². The Kier molecular flexibility index (Phi) is 2.67. The number of primary amides is 1. The van der Waals surface area contributed by atoms with E-state index < -0.39 is 5.91 Å². The second-order valence-corrected chi connectivity index (χ2v) is 3.58. The molecular weight excluding hydrogens is 216 g/mol. The van der Waals surface area contributed by atoms with Crippen LogP contribution in [0.5, 0.6) is 0 Å². The molecule has 0 atom stereocenters. The van der Waals surface area contributed by atoms with Crippen LogP contribution in [0.15, 0.2) is 35.1 Å². The smallest absolute Gasteiger partial charge is 0.265 e. The number of hydrogen-bond donors (Lipinski definition) is 1. The molecule has 1 aromatic heterocycles. The number of nitrogens with two attached hydrogens (primary N) is 1. The van der Waals surface area contributed by atoms with Crippen LogP contribution >= 0.6 is 0 Å². The molecule has 0 spiro atoms. The zero-order valence-corrected chi connectivity index (χ0v) is 9.01. The van der Waals surface area contributed by atoms with Gasteiger partial charge in [-0.2, -0.15) is 0 Å². The fourth-order valence-corrected chi connectivity index (χ4v) is 1.75. The van der Waals surface area contributed by atoms with Crippen molar-refractivity contribution >= 4 is 16.7 Å². The molecule has 1 amide bonds. The quantitative estimate of drug-likeness (QED) is 0.767. The topological polar surface area (TPSA) is 65.1 Å². The highest BCUT2D eigenvalue weighted by Crippen LogP contribution is 2.11. The first kappa shape index (κ1) is 11.0. The predicted molar refractivity (Wildman–Crippen MR) is 65.6 cm³/mol. The first-order valence-corrected chi connectivity index (χ1v) is 5.01. The Morgan fingerprint density at radius 2 is 2.12 bits per heavy atom. The van der Waals surface area contributed by atoms with Crippen LogP contribution in [-0.4, -0.2) is 10.5 Å². The molecular formula is C13H10N2O2. The summed E-state index contributed by atoms with van der Waals surface area (Å²) in [5.41, 5.74) is 5.07. The monoisotopic (exact) mass is 226 g/mol. The Bertz CT molecular complexity index is 693. The largest absolute Gasteiger partial charge is 0.364 e. The van der Waals surface area contributed by atoms with Gasteiger partial charge in [0.15, 0.2) is 0 Å². The lowest BCUT2D eigenvalue weighted by atomic mass is 10.1. The van der Waals surface area contributed by atoms with Gasteiger partial charge in [0.1, 0.15) is 5.69 Å². The van der Waals surface area contributed by atoms with E-state index in [1.165, 1.54) is 4.57 Å². The van der Waals surface area contributed by atoms with Crippen molar-refractivity contribution in [2.45, 2.75) is 6.54 Å². The van der Waals surface area contributed by atoms with Gasteiger partial charge in [-0.25, -0.2) is 0 Å². The van der Waals surface area contributed by atoms with Crippen LogP contribution in [0.25, 0.3) is 10.8 Å². The van der Waals surface area contributed by atoms with Crippen molar-refractivity contribution in [3.05, 3.63) is 46.4 Å². The van der Waals surface area contributed by atoms with Crippen LogP contribution in [0.4, 0.5) is 0 Å². The third-order valence-electron chi connectivity index (χ3n) is 2.52. The van der Waals surface area contributed by atoms with Crippen molar-refractivity contribution in [2.24, 2.45) is 5.73 Å². The maximum atomic E-state index is 12.1. The molecule has 0 bridgehead atoms. The number of terminal acetylenes is 1. The van der Waals surface area contributed by atoms with E-state index in [4.69, 9.17) is 12.2 Å². The summed E-state index contributed by atoms with van der Waals surface area (Å²) in [7, 11) is 0. The van der Waals surface area contributed by atoms with E-state index in [2.05, 4.69) is 5.92 Å². The molecule has 0 radical (unpaired) electrons. The van der Waals surface area contributed by atoms with Gasteiger partial charge in [-0.1, -0.05) is 24.1 Å². The van der Waals surface area contributed by atoms with E-state index in [-0.39, 0.29) is 17.8 Å². The highest BCUT2D eigenvalue weighted by molar-refractivity contribution is 5.95. The summed E-state index contributed by atoms with van der Waals surface area (Å²) in [6.45, 7) is 0.0297. The van der Waals surface area contributed by atoms with Gasteiger partial charge >= 0.3 is 0 Å². The number of carbonyl (C=O) groups is 1. The maximum Gasteiger partial charge on any atom is 0.265 e. The first-order valence-electron chi connectivity index (χ1n) is 5.01. The van der Waals surface area contributed by atoms with Gasteiger partial charge in [-0.15, -0.1) is 6.42 Å². The molecule has 0 saturated heterocycles. The van der Waals surface area contributed by atoms with Crippen LogP contribution in [0.2, 0.25) is 0 Å². The zero-order valence-electron chi connectivity index (χ0n) is 9.01. The molecule has 0 saturated carbocycles. The average molecular weight is 226 g/mol. The van der Waals surface area contributed by atoms with Crippen molar-refractivity contribution in [1.29, 1.82) is 0 Å². The predicted octanol–water partition coefficient (Wildman–Crippen LogP) is 0.734. The molecule has 84 valence electrons. The second-order valence-electron chi connectivity index (χ2n) is 3.58. The van der Waals surface area contributed by atoms with E-state index in [9.17, 15) is 9.59 Å². The van der Waals surface area contributed by atoms with Gasteiger partial charge in [0.05, 0.1) is 6.54 Å². The molecule has 1 heterocycles. The number of fused-ring (bicyclic) bond motifs is 1. The highest BCUT2D eigenvalue weighted by Gasteiger charge is 2.11. The number of pyridine rings is 1. The number of carbonyl (C=O) groups excluding carboxylic acids is 1. The van der Waals surface area contributed by atoms with E-state index in [1.54, 1.807) is 30.3 Å². The molecule has 4 heteroatoms. The summed E-state index contributed by atoms with van der Waals surface area (Å²) in [6.07, 6.45) is 5.18. The van der Waals surface area contributed by atoms with Crippen LogP contribution < -0.4 is 11.3 Å². The van der Waals surface area contributed by atoms with Crippen LogP contribution in [0.1, 0.15) is 10.5 Å². The van der Waals surface area contributed by atoms with Crippen molar-refractivity contribution in [3.8, 4) is 12.3 Å². The number of aromatic nitrogens is 1. The van der Waals surface area contributed by atoms with E-state index >= 15 is 0 Å².